The number of pyridine rings is 1. The molecule has 1 saturated carbocycles. The van der Waals surface area contributed by atoms with E-state index in [1.165, 1.54) is 18.4 Å². The first-order valence-electron chi connectivity index (χ1n) is 6.41. The Morgan fingerprint density at radius 3 is 2.63 bits per heavy atom. The van der Waals surface area contributed by atoms with Crippen LogP contribution in [0.3, 0.4) is 0 Å². The van der Waals surface area contributed by atoms with E-state index in [9.17, 15) is 0 Å². The summed E-state index contributed by atoms with van der Waals surface area (Å²) in [6, 6.07) is 11.0. The summed E-state index contributed by atoms with van der Waals surface area (Å²) in [6.45, 7) is 0. The number of benzene rings is 1. The molecule has 1 aliphatic rings. The summed E-state index contributed by atoms with van der Waals surface area (Å²) in [7, 11) is 0. The van der Waals surface area contributed by atoms with Gasteiger partial charge in [0.15, 0.2) is 0 Å². The average Bonchev–Trinajstić information content (AvgIpc) is 3.20. The highest BCUT2D eigenvalue weighted by Crippen LogP contribution is 2.41. The van der Waals surface area contributed by atoms with Gasteiger partial charge in [-0.2, -0.15) is 0 Å². The third-order valence-corrected chi connectivity index (χ3v) is 4.00. The molecule has 0 saturated heterocycles. The van der Waals surface area contributed by atoms with E-state index in [1.807, 2.05) is 24.5 Å². The summed E-state index contributed by atoms with van der Waals surface area (Å²) >= 11 is 3.52. The van der Waals surface area contributed by atoms with Gasteiger partial charge in [-0.05, 0) is 43.2 Å². The van der Waals surface area contributed by atoms with Crippen LogP contribution in [0.5, 0.6) is 0 Å². The molecule has 0 unspecified atom stereocenters. The van der Waals surface area contributed by atoms with Gasteiger partial charge in [0, 0.05) is 28.5 Å². The van der Waals surface area contributed by atoms with Crippen molar-refractivity contribution in [1.82, 2.24) is 14.5 Å². The molecule has 19 heavy (non-hydrogen) atoms. The molecule has 1 aromatic carbocycles. The molecule has 4 rings (SSSR count). The quantitative estimate of drug-likeness (QED) is 0.710. The summed E-state index contributed by atoms with van der Waals surface area (Å²) in [4.78, 5) is 8.89. The molecule has 94 valence electrons. The Morgan fingerprint density at radius 2 is 1.89 bits per heavy atom. The number of nitrogens with zero attached hydrogens (tertiary/aromatic N) is 3. The van der Waals surface area contributed by atoms with Gasteiger partial charge >= 0.3 is 0 Å². The van der Waals surface area contributed by atoms with Crippen LogP contribution >= 0.6 is 15.9 Å². The van der Waals surface area contributed by atoms with Crippen molar-refractivity contribution in [2.24, 2.45) is 0 Å². The van der Waals surface area contributed by atoms with Crippen LogP contribution in [0.15, 0.2) is 47.2 Å². The Labute approximate surface area is 119 Å². The number of hydrogen-bond acceptors (Lipinski definition) is 2. The fourth-order valence-corrected chi connectivity index (χ4v) is 2.83. The zero-order valence-corrected chi connectivity index (χ0v) is 11.8. The van der Waals surface area contributed by atoms with Crippen molar-refractivity contribution in [1.29, 1.82) is 0 Å². The number of hydrogen-bond donors (Lipinski definition) is 0. The second kappa shape index (κ2) is 4.17. The number of rotatable bonds is 2. The summed E-state index contributed by atoms with van der Waals surface area (Å²) in [5.74, 6) is 1.05. The maximum atomic E-state index is 4.81. The second-order valence-corrected chi connectivity index (χ2v) is 5.82. The molecule has 0 bridgehead atoms. The Morgan fingerprint density at radius 1 is 1.11 bits per heavy atom. The van der Waals surface area contributed by atoms with Gasteiger partial charge in [-0.15, -0.1) is 0 Å². The molecule has 3 nitrogen and oxygen atoms in total. The smallest absolute Gasteiger partial charge is 0.141 e. The zero-order valence-electron chi connectivity index (χ0n) is 10.3. The van der Waals surface area contributed by atoms with E-state index in [0.29, 0.717) is 6.04 Å². The van der Waals surface area contributed by atoms with E-state index in [4.69, 9.17) is 4.98 Å². The average molecular weight is 314 g/mol. The van der Waals surface area contributed by atoms with Crippen LogP contribution in [0.2, 0.25) is 0 Å². The summed E-state index contributed by atoms with van der Waals surface area (Å²) in [6.07, 6.45) is 6.14. The Kier molecular flexibility index (Phi) is 2.45. The van der Waals surface area contributed by atoms with E-state index < -0.39 is 0 Å². The minimum absolute atomic E-state index is 0.606. The predicted octanol–water partition coefficient (Wildman–Crippen LogP) is 4.20. The zero-order chi connectivity index (χ0) is 12.8. The Bertz CT molecular complexity index is 745. The van der Waals surface area contributed by atoms with Crippen molar-refractivity contribution in [3.63, 3.8) is 0 Å². The van der Waals surface area contributed by atoms with E-state index >= 15 is 0 Å². The number of imidazole rings is 1. The summed E-state index contributed by atoms with van der Waals surface area (Å²) in [5, 5.41) is 0. The lowest BCUT2D eigenvalue weighted by molar-refractivity contribution is 0.775. The first kappa shape index (κ1) is 11.2. The highest BCUT2D eigenvalue weighted by atomic mass is 79.9. The van der Waals surface area contributed by atoms with Gasteiger partial charge in [0.25, 0.3) is 0 Å². The molecular formula is C15H12BrN3. The van der Waals surface area contributed by atoms with Crippen molar-refractivity contribution < 1.29 is 0 Å². The SMILES string of the molecule is Brc1ccc2c(c1)nc(-c1ccncc1)n2C1CC1. The minimum Gasteiger partial charge on any atom is -0.321 e. The maximum absolute atomic E-state index is 4.81. The molecule has 0 radical (unpaired) electrons. The lowest BCUT2D eigenvalue weighted by atomic mass is 10.2. The van der Waals surface area contributed by atoms with Crippen LogP contribution in [0, 0.1) is 0 Å². The monoisotopic (exact) mass is 313 g/mol. The van der Waals surface area contributed by atoms with E-state index in [1.54, 1.807) is 0 Å². The molecule has 4 heteroatoms. The van der Waals surface area contributed by atoms with Gasteiger partial charge in [-0.25, -0.2) is 4.98 Å². The van der Waals surface area contributed by atoms with E-state index in [-0.39, 0.29) is 0 Å². The third kappa shape index (κ3) is 1.87. The van der Waals surface area contributed by atoms with Crippen LogP contribution in [-0.2, 0) is 0 Å². The molecule has 0 spiro atoms. The van der Waals surface area contributed by atoms with E-state index in [2.05, 4.69) is 43.7 Å². The Balaban J connectivity index is 2.01. The van der Waals surface area contributed by atoms with Crippen LogP contribution in [-0.4, -0.2) is 14.5 Å². The Hall–Kier alpha value is -1.68. The molecule has 1 fully saturated rings. The van der Waals surface area contributed by atoms with Crippen molar-refractivity contribution in [2.75, 3.05) is 0 Å². The van der Waals surface area contributed by atoms with Gasteiger partial charge in [-0.3, -0.25) is 4.98 Å². The standard InChI is InChI=1S/C15H12BrN3/c16-11-1-4-14-13(9-11)18-15(19(14)12-2-3-12)10-5-7-17-8-6-10/h1,4-9,12H,2-3H2. The van der Waals surface area contributed by atoms with Gasteiger partial charge < -0.3 is 4.57 Å². The largest absolute Gasteiger partial charge is 0.321 e. The van der Waals surface area contributed by atoms with Gasteiger partial charge in [0.05, 0.1) is 11.0 Å². The molecule has 3 aromatic rings. The van der Waals surface area contributed by atoms with Gasteiger partial charge in [0.1, 0.15) is 5.82 Å². The molecule has 0 atom stereocenters. The maximum Gasteiger partial charge on any atom is 0.141 e. The highest BCUT2D eigenvalue weighted by Gasteiger charge is 2.28. The molecule has 2 heterocycles. The topological polar surface area (TPSA) is 30.7 Å². The van der Waals surface area contributed by atoms with Crippen molar-refractivity contribution in [3.8, 4) is 11.4 Å². The fraction of sp³-hybridized carbons (Fsp3) is 0.200. The molecule has 2 aromatic heterocycles. The second-order valence-electron chi connectivity index (χ2n) is 4.91. The van der Waals surface area contributed by atoms with Crippen molar-refractivity contribution >= 4 is 27.0 Å². The van der Waals surface area contributed by atoms with Crippen LogP contribution < -0.4 is 0 Å². The van der Waals surface area contributed by atoms with Crippen LogP contribution in [0.25, 0.3) is 22.4 Å². The first-order chi connectivity index (χ1) is 9.33. The highest BCUT2D eigenvalue weighted by molar-refractivity contribution is 9.10. The van der Waals surface area contributed by atoms with E-state index in [0.717, 1.165) is 21.4 Å². The van der Waals surface area contributed by atoms with Crippen molar-refractivity contribution in [3.05, 3.63) is 47.2 Å². The minimum atomic E-state index is 0.606. The third-order valence-electron chi connectivity index (χ3n) is 3.50. The predicted molar refractivity (Wildman–Crippen MR) is 78.9 cm³/mol. The number of fused-ring (bicyclic) bond motifs is 1. The molecule has 0 aliphatic heterocycles. The van der Waals surface area contributed by atoms with Crippen LogP contribution in [0.1, 0.15) is 18.9 Å². The fourth-order valence-electron chi connectivity index (χ4n) is 2.48. The number of aromatic nitrogens is 3. The van der Waals surface area contributed by atoms with Crippen molar-refractivity contribution in [2.45, 2.75) is 18.9 Å². The molecule has 1 aliphatic carbocycles. The lowest BCUT2D eigenvalue weighted by Crippen LogP contribution is -1.97. The normalized spacial score (nSPS) is 15.0. The van der Waals surface area contributed by atoms with Crippen LogP contribution in [0.4, 0.5) is 0 Å². The molecular weight excluding hydrogens is 302 g/mol. The summed E-state index contributed by atoms with van der Waals surface area (Å²) < 4.78 is 3.44. The number of halogens is 1. The van der Waals surface area contributed by atoms with Gasteiger partial charge in [0.2, 0.25) is 0 Å². The molecule has 0 N–H and O–H groups in total. The summed E-state index contributed by atoms with van der Waals surface area (Å²) in [5.41, 5.74) is 3.40. The first-order valence-corrected chi connectivity index (χ1v) is 7.20. The lowest BCUT2D eigenvalue weighted by Gasteiger charge is -2.07. The molecule has 0 amide bonds. The van der Waals surface area contributed by atoms with Gasteiger partial charge in [-0.1, -0.05) is 15.9 Å².